The normalized spacial score (nSPS) is 11.7. The molecule has 0 amide bonds. The number of halogens is 2. The molecule has 0 N–H and O–H groups in total. The van der Waals surface area contributed by atoms with Gasteiger partial charge >= 0.3 is 21.0 Å². The second-order valence-electron chi connectivity index (χ2n) is 4.00. The maximum Gasteiger partial charge on any atom is 0.488 e. The highest BCUT2D eigenvalue weighted by atomic mass is 32.3. The second kappa shape index (κ2) is 6.38. The van der Waals surface area contributed by atoms with Crippen molar-refractivity contribution in [2.45, 2.75) is 0 Å². The summed E-state index contributed by atoms with van der Waals surface area (Å²) in [4.78, 5) is 0. The van der Waals surface area contributed by atoms with Gasteiger partial charge in [0, 0.05) is 0 Å². The lowest BCUT2D eigenvalue weighted by atomic mass is 10.3. The third-order valence-corrected chi connectivity index (χ3v) is 3.06. The Morgan fingerprint density at radius 3 is 1.09 bits per heavy atom. The van der Waals surface area contributed by atoms with Gasteiger partial charge in [0.05, 0.1) is 0 Å². The minimum Gasteiger partial charge on any atom is -0.457 e. The molecule has 0 fully saturated rings. The molecule has 0 aliphatic heterocycles. The smallest absolute Gasteiger partial charge is 0.457 e. The first kappa shape index (κ1) is 17.0. The summed E-state index contributed by atoms with van der Waals surface area (Å²) in [5, 5.41) is 0. The average Bonchev–Trinajstić information content (AvgIpc) is 2.40. The van der Waals surface area contributed by atoms with Crippen molar-refractivity contribution in [2.75, 3.05) is 0 Å². The predicted octanol–water partition coefficient (Wildman–Crippen LogP) is 2.67. The quantitative estimate of drug-likeness (QED) is 0.725. The summed E-state index contributed by atoms with van der Waals surface area (Å²) >= 11 is 0. The first-order valence-corrected chi connectivity index (χ1v) is 8.39. The van der Waals surface area contributed by atoms with Crippen molar-refractivity contribution in [1.29, 1.82) is 0 Å². The predicted molar refractivity (Wildman–Crippen MR) is 74.3 cm³/mol. The molecule has 11 heteroatoms. The van der Waals surface area contributed by atoms with Gasteiger partial charge in [0.1, 0.15) is 23.0 Å². The first-order chi connectivity index (χ1) is 10.6. The zero-order valence-corrected chi connectivity index (χ0v) is 12.7. The summed E-state index contributed by atoms with van der Waals surface area (Å²) in [6.07, 6.45) is 0. The molecular weight excluding hydrogens is 358 g/mol. The van der Waals surface area contributed by atoms with Crippen molar-refractivity contribution in [1.82, 2.24) is 0 Å². The third kappa shape index (κ3) is 6.08. The SMILES string of the molecule is O=S(=O)(F)Oc1ccc(Oc2ccc(OS(=O)(=O)F)cc2)cc1. The van der Waals surface area contributed by atoms with Crippen LogP contribution in [0.2, 0.25) is 0 Å². The number of benzene rings is 2. The fourth-order valence-corrected chi connectivity index (χ4v) is 2.17. The van der Waals surface area contributed by atoms with Crippen LogP contribution in [0.3, 0.4) is 0 Å². The number of ether oxygens (including phenoxy) is 1. The minimum atomic E-state index is -5.10. The standard InChI is InChI=1S/C12H8F2O7S2/c13-22(15,16)20-11-5-1-9(2-6-11)19-10-3-7-12(8-4-10)21-23(14,17)18/h1-8H. The molecule has 0 saturated heterocycles. The molecule has 124 valence electrons. The Morgan fingerprint density at radius 1 is 0.565 bits per heavy atom. The Hall–Kier alpha value is -2.40. The minimum absolute atomic E-state index is 0.239. The zero-order chi connectivity index (χ0) is 17.1. The number of hydrogen-bond donors (Lipinski definition) is 0. The van der Waals surface area contributed by atoms with Gasteiger partial charge in [0.25, 0.3) is 0 Å². The van der Waals surface area contributed by atoms with Crippen molar-refractivity contribution in [3.8, 4) is 23.0 Å². The van der Waals surface area contributed by atoms with E-state index in [-0.39, 0.29) is 23.0 Å². The van der Waals surface area contributed by atoms with E-state index < -0.39 is 21.0 Å². The van der Waals surface area contributed by atoms with E-state index in [9.17, 15) is 24.6 Å². The fraction of sp³-hybridized carbons (Fsp3) is 0. The fourth-order valence-electron chi connectivity index (χ4n) is 1.49. The molecule has 0 aromatic heterocycles. The Kier molecular flexibility index (Phi) is 4.71. The van der Waals surface area contributed by atoms with Gasteiger partial charge in [-0.15, -0.1) is 0 Å². The highest BCUT2D eigenvalue weighted by molar-refractivity contribution is 7.82. The van der Waals surface area contributed by atoms with E-state index in [2.05, 4.69) is 8.37 Å². The maximum atomic E-state index is 12.3. The topological polar surface area (TPSA) is 96.0 Å². The first-order valence-electron chi connectivity index (χ1n) is 5.77. The van der Waals surface area contributed by atoms with Gasteiger partial charge in [-0.25, -0.2) is 0 Å². The zero-order valence-electron chi connectivity index (χ0n) is 11.0. The van der Waals surface area contributed by atoms with Crippen LogP contribution in [0.4, 0.5) is 7.77 Å². The summed E-state index contributed by atoms with van der Waals surface area (Å²) in [5.41, 5.74) is 0. The molecule has 0 bridgehead atoms. The van der Waals surface area contributed by atoms with Crippen LogP contribution in [0.1, 0.15) is 0 Å². The Morgan fingerprint density at radius 2 is 0.826 bits per heavy atom. The van der Waals surface area contributed by atoms with Crippen LogP contribution >= 0.6 is 0 Å². The van der Waals surface area contributed by atoms with E-state index in [1.165, 1.54) is 48.5 Å². The second-order valence-corrected chi connectivity index (χ2v) is 5.90. The van der Waals surface area contributed by atoms with Crippen molar-refractivity contribution in [3.63, 3.8) is 0 Å². The van der Waals surface area contributed by atoms with E-state index in [4.69, 9.17) is 4.74 Å². The van der Waals surface area contributed by atoms with Crippen LogP contribution in [0, 0.1) is 0 Å². The van der Waals surface area contributed by atoms with Gasteiger partial charge in [0.2, 0.25) is 0 Å². The lowest BCUT2D eigenvalue weighted by molar-refractivity contribution is 0.438. The molecule has 0 radical (unpaired) electrons. The molecular formula is C12H8F2O7S2. The molecule has 0 spiro atoms. The Bertz CT molecular complexity index is 801. The molecule has 0 heterocycles. The molecule has 23 heavy (non-hydrogen) atoms. The molecule has 0 unspecified atom stereocenters. The van der Waals surface area contributed by atoms with E-state index in [0.29, 0.717) is 0 Å². The van der Waals surface area contributed by atoms with Gasteiger partial charge in [0.15, 0.2) is 0 Å². The van der Waals surface area contributed by atoms with Crippen LogP contribution in [-0.2, 0) is 21.0 Å². The number of hydrogen-bond acceptors (Lipinski definition) is 7. The van der Waals surface area contributed by atoms with Gasteiger partial charge in [-0.05, 0) is 48.5 Å². The molecule has 2 aromatic carbocycles. The molecule has 2 aromatic rings. The van der Waals surface area contributed by atoms with Crippen molar-refractivity contribution in [2.24, 2.45) is 0 Å². The third-order valence-electron chi connectivity index (χ3n) is 2.27. The van der Waals surface area contributed by atoms with Crippen molar-refractivity contribution < 1.29 is 37.7 Å². The summed E-state index contributed by atoms with van der Waals surface area (Å²) < 4.78 is 79.2. The molecule has 0 aliphatic carbocycles. The largest absolute Gasteiger partial charge is 0.488 e. The highest BCUT2D eigenvalue weighted by Gasteiger charge is 2.10. The maximum absolute atomic E-state index is 12.3. The van der Waals surface area contributed by atoms with Gasteiger partial charge in [-0.2, -0.15) is 16.8 Å². The van der Waals surface area contributed by atoms with E-state index in [1.807, 2.05) is 0 Å². The van der Waals surface area contributed by atoms with Crippen LogP contribution < -0.4 is 13.1 Å². The lowest BCUT2D eigenvalue weighted by Crippen LogP contribution is -2.01. The van der Waals surface area contributed by atoms with Gasteiger partial charge in [-0.1, -0.05) is 7.77 Å². The molecule has 7 nitrogen and oxygen atoms in total. The summed E-state index contributed by atoms with van der Waals surface area (Å²) in [7, 11) is -10.2. The van der Waals surface area contributed by atoms with Crippen LogP contribution in [0.15, 0.2) is 48.5 Å². The summed E-state index contributed by atoms with van der Waals surface area (Å²) in [6, 6.07) is 9.93. The summed E-state index contributed by atoms with van der Waals surface area (Å²) in [6.45, 7) is 0. The van der Waals surface area contributed by atoms with Crippen molar-refractivity contribution in [3.05, 3.63) is 48.5 Å². The Labute approximate surface area is 130 Å². The average molecular weight is 366 g/mol. The molecule has 0 aliphatic rings. The van der Waals surface area contributed by atoms with E-state index >= 15 is 0 Å². The number of rotatable bonds is 6. The van der Waals surface area contributed by atoms with E-state index in [1.54, 1.807) is 0 Å². The molecule has 0 saturated carbocycles. The monoisotopic (exact) mass is 366 g/mol. The van der Waals surface area contributed by atoms with E-state index in [0.717, 1.165) is 0 Å². The summed E-state index contributed by atoms with van der Waals surface area (Å²) in [5.74, 6) is 0.0503. The van der Waals surface area contributed by atoms with Crippen LogP contribution in [0.25, 0.3) is 0 Å². The highest BCUT2D eigenvalue weighted by Crippen LogP contribution is 2.26. The lowest BCUT2D eigenvalue weighted by Gasteiger charge is -2.07. The van der Waals surface area contributed by atoms with Crippen molar-refractivity contribution >= 4 is 21.0 Å². The molecule has 2 rings (SSSR count). The van der Waals surface area contributed by atoms with Gasteiger partial charge in [-0.3, -0.25) is 0 Å². The van der Waals surface area contributed by atoms with Gasteiger partial charge < -0.3 is 13.1 Å². The Balaban J connectivity index is 2.04. The molecule has 0 atom stereocenters. The van der Waals surface area contributed by atoms with Crippen LogP contribution in [-0.4, -0.2) is 16.8 Å². The van der Waals surface area contributed by atoms with Crippen LogP contribution in [0.5, 0.6) is 23.0 Å².